The molecule has 2 N–H and O–H groups in total. The SMILES string of the molecule is Cc1cccc(C)c1NC(=O)CN1CCN(C(=O)C2CCN(C(=O)Nc3ccccc3)CC2)CC1. The molecule has 4 rings (SSSR count). The van der Waals surface area contributed by atoms with Crippen molar-refractivity contribution >= 4 is 29.2 Å². The van der Waals surface area contributed by atoms with Crippen LogP contribution in [0.5, 0.6) is 0 Å². The highest BCUT2D eigenvalue weighted by atomic mass is 16.2. The van der Waals surface area contributed by atoms with Gasteiger partial charge >= 0.3 is 6.03 Å². The minimum atomic E-state index is -0.116. The van der Waals surface area contributed by atoms with Crippen molar-refractivity contribution < 1.29 is 14.4 Å². The fraction of sp³-hybridized carbons (Fsp3) is 0.444. The van der Waals surface area contributed by atoms with Gasteiger partial charge in [-0.15, -0.1) is 0 Å². The molecule has 2 aromatic rings. The van der Waals surface area contributed by atoms with Crippen LogP contribution in [0.4, 0.5) is 16.2 Å². The third kappa shape index (κ3) is 6.39. The molecule has 186 valence electrons. The summed E-state index contributed by atoms with van der Waals surface area (Å²) in [6, 6.07) is 15.3. The molecular formula is C27H35N5O3. The molecule has 8 nitrogen and oxygen atoms in total. The Kier molecular flexibility index (Phi) is 8.02. The van der Waals surface area contributed by atoms with E-state index in [0.717, 1.165) is 22.5 Å². The summed E-state index contributed by atoms with van der Waals surface area (Å²) in [4.78, 5) is 44.0. The number of carbonyl (C=O) groups excluding carboxylic acids is 3. The number of benzene rings is 2. The number of carbonyl (C=O) groups is 3. The minimum absolute atomic E-state index is 0.0247. The van der Waals surface area contributed by atoms with Gasteiger partial charge in [0, 0.05) is 56.6 Å². The highest BCUT2D eigenvalue weighted by Gasteiger charge is 2.32. The third-order valence-electron chi connectivity index (χ3n) is 6.95. The molecule has 0 unspecified atom stereocenters. The number of amides is 4. The van der Waals surface area contributed by atoms with E-state index in [1.165, 1.54) is 0 Å². The smallest absolute Gasteiger partial charge is 0.321 e. The van der Waals surface area contributed by atoms with Crippen molar-refractivity contribution in [3.63, 3.8) is 0 Å². The van der Waals surface area contributed by atoms with Crippen molar-refractivity contribution in [3.8, 4) is 0 Å². The molecule has 35 heavy (non-hydrogen) atoms. The summed E-state index contributed by atoms with van der Waals surface area (Å²) in [6.07, 6.45) is 1.36. The predicted octanol–water partition coefficient (Wildman–Crippen LogP) is 3.33. The zero-order chi connectivity index (χ0) is 24.8. The maximum atomic E-state index is 13.1. The average molecular weight is 478 g/mol. The monoisotopic (exact) mass is 477 g/mol. The van der Waals surface area contributed by atoms with Gasteiger partial charge in [0.15, 0.2) is 0 Å². The Morgan fingerprint density at radius 1 is 0.771 bits per heavy atom. The number of aryl methyl sites for hydroxylation is 2. The van der Waals surface area contributed by atoms with E-state index in [-0.39, 0.29) is 23.8 Å². The van der Waals surface area contributed by atoms with Crippen LogP contribution in [-0.4, -0.2) is 78.4 Å². The molecule has 2 fully saturated rings. The van der Waals surface area contributed by atoms with E-state index in [1.807, 2.05) is 67.3 Å². The number of para-hydroxylation sites is 2. The lowest BCUT2D eigenvalue weighted by Gasteiger charge is -2.38. The summed E-state index contributed by atoms with van der Waals surface area (Å²) in [6.45, 7) is 8.09. The fourth-order valence-corrected chi connectivity index (χ4v) is 4.83. The number of hydrogen-bond acceptors (Lipinski definition) is 4. The van der Waals surface area contributed by atoms with Crippen LogP contribution < -0.4 is 10.6 Å². The first-order chi connectivity index (χ1) is 16.9. The van der Waals surface area contributed by atoms with E-state index in [4.69, 9.17) is 0 Å². The largest absolute Gasteiger partial charge is 0.340 e. The van der Waals surface area contributed by atoms with Gasteiger partial charge in [-0.25, -0.2) is 4.79 Å². The highest BCUT2D eigenvalue weighted by molar-refractivity contribution is 5.93. The molecule has 2 aliphatic heterocycles. The average Bonchev–Trinajstić information content (AvgIpc) is 2.87. The van der Waals surface area contributed by atoms with Crippen LogP contribution in [0.3, 0.4) is 0 Å². The summed E-state index contributed by atoms with van der Waals surface area (Å²) >= 11 is 0. The molecule has 0 aromatic heterocycles. The van der Waals surface area contributed by atoms with E-state index < -0.39 is 0 Å². The molecule has 0 saturated carbocycles. The summed E-state index contributed by atoms with van der Waals surface area (Å²) < 4.78 is 0. The van der Waals surface area contributed by atoms with Gasteiger partial charge in [0.05, 0.1) is 6.54 Å². The Morgan fingerprint density at radius 3 is 2.03 bits per heavy atom. The van der Waals surface area contributed by atoms with Crippen LogP contribution in [0.15, 0.2) is 48.5 Å². The van der Waals surface area contributed by atoms with Gasteiger partial charge in [0.1, 0.15) is 0 Å². The Hall–Kier alpha value is -3.39. The van der Waals surface area contributed by atoms with Gasteiger partial charge < -0.3 is 20.4 Å². The van der Waals surface area contributed by atoms with Gasteiger partial charge in [0.25, 0.3) is 0 Å². The number of piperidine rings is 1. The minimum Gasteiger partial charge on any atom is -0.340 e. The molecule has 4 amide bonds. The van der Waals surface area contributed by atoms with Crippen LogP contribution in [0.1, 0.15) is 24.0 Å². The lowest BCUT2D eigenvalue weighted by atomic mass is 9.95. The Balaban J connectivity index is 1.19. The van der Waals surface area contributed by atoms with Gasteiger partial charge in [0.2, 0.25) is 11.8 Å². The maximum absolute atomic E-state index is 13.1. The lowest BCUT2D eigenvalue weighted by molar-refractivity contribution is -0.138. The van der Waals surface area contributed by atoms with Crippen LogP contribution in [-0.2, 0) is 9.59 Å². The van der Waals surface area contributed by atoms with E-state index in [2.05, 4.69) is 15.5 Å². The summed E-state index contributed by atoms with van der Waals surface area (Å²) in [5.41, 5.74) is 3.76. The molecule has 2 aliphatic rings. The quantitative estimate of drug-likeness (QED) is 0.692. The van der Waals surface area contributed by atoms with Crippen LogP contribution in [0.2, 0.25) is 0 Å². The van der Waals surface area contributed by atoms with E-state index in [1.54, 1.807) is 4.90 Å². The van der Waals surface area contributed by atoms with E-state index in [0.29, 0.717) is 58.7 Å². The number of nitrogens with one attached hydrogen (secondary N) is 2. The molecule has 2 heterocycles. The lowest BCUT2D eigenvalue weighted by Crippen LogP contribution is -2.53. The van der Waals surface area contributed by atoms with Crippen molar-refractivity contribution in [2.45, 2.75) is 26.7 Å². The van der Waals surface area contributed by atoms with Crippen LogP contribution >= 0.6 is 0 Å². The summed E-state index contributed by atoms with van der Waals surface area (Å²) in [5.74, 6) is 0.103. The number of hydrogen-bond donors (Lipinski definition) is 2. The zero-order valence-electron chi connectivity index (χ0n) is 20.6. The second kappa shape index (κ2) is 11.4. The molecule has 8 heteroatoms. The van der Waals surface area contributed by atoms with Crippen molar-refractivity contribution in [1.29, 1.82) is 0 Å². The van der Waals surface area contributed by atoms with E-state index in [9.17, 15) is 14.4 Å². The number of piperazine rings is 1. The topological polar surface area (TPSA) is 85.0 Å². The first-order valence-electron chi connectivity index (χ1n) is 12.4. The van der Waals surface area contributed by atoms with Crippen molar-refractivity contribution in [2.24, 2.45) is 5.92 Å². The number of urea groups is 1. The molecule has 2 aromatic carbocycles. The normalized spacial score (nSPS) is 17.2. The molecule has 0 spiro atoms. The molecule has 2 saturated heterocycles. The van der Waals surface area contributed by atoms with Crippen molar-refractivity contribution in [3.05, 3.63) is 59.7 Å². The van der Waals surface area contributed by atoms with Crippen LogP contribution in [0, 0.1) is 19.8 Å². The summed E-state index contributed by atoms with van der Waals surface area (Å²) in [7, 11) is 0. The molecule has 0 bridgehead atoms. The third-order valence-corrected chi connectivity index (χ3v) is 6.95. The molecule has 0 radical (unpaired) electrons. The maximum Gasteiger partial charge on any atom is 0.321 e. The number of anilines is 2. The molecule has 0 atom stereocenters. The van der Waals surface area contributed by atoms with Crippen molar-refractivity contribution in [2.75, 3.05) is 56.4 Å². The van der Waals surface area contributed by atoms with E-state index >= 15 is 0 Å². The second-order valence-corrected chi connectivity index (χ2v) is 9.47. The Bertz CT molecular complexity index is 1020. The fourth-order valence-electron chi connectivity index (χ4n) is 4.83. The standard InChI is InChI=1S/C27H35N5O3/c1-20-7-6-8-21(2)25(20)29-24(33)19-30-15-17-31(18-16-30)26(34)22-11-13-32(14-12-22)27(35)28-23-9-4-3-5-10-23/h3-10,22H,11-19H2,1-2H3,(H,28,35)(H,29,33). The summed E-state index contributed by atoms with van der Waals surface area (Å²) in [5, 5.41) is 5.96. The molecule has 0 aliphatic carbocycles. The molecular weight excluding hydrogens is 442 g/mol. The number of rotatable bonds is 5. The first kappa shape index (κ1) is 24.7. The Labute approximate surface area is 207 Å². The van der Waals surface area contributed by atoms with Gasteiger partial charge in [-0.2, -0.15) is 0 Å². The van der Waals surface area contributed by atoms with Gasteiger partial charge in [-0.05, 0) is 49.9 Å². The van der Waals surface area contributed by atoms with Gasteiger partial charge in [-0.1, -0.05) is 36.4 Å². The van der Waals surface area contributed by atoms with Crippen LogP contribution in [0.25, 0.3) is 0 Å². The predicted molar refractivity (Wildman–Crippen MR) is 137 cm³/mol. The van der Waals surface area contributed by atoms with Crippen molar-refractivity contribution in [1.82, 2.24) is 14.7 Å². The number of nitrogens with zero attached hydrogens (tertiary/aromatic N) is 3. The zero-order valence-corrected chi connectivity index (χ0v) is 20.6. The number of likely N-dealkylation sites (tertiary alicyclic amines) is 1. The first-order valence-corrected chi connectivity index (χ1v) is 12.4. The van der Waals surface area contributed by atoms with Gasteiger partial charge in [-0.3, -0.25) is 14.5 Å². The highest BCUT2D eigenvalue weighted by Crippen LogP contribution is 2.22. The Morgan fingerprint density at radius 2 is 1.40 bits per heavy atom. The second-order valence-electron chi connectivity index (χ2n) is 9.47.